The Morgan fingerprint density at radius 3 is 2.75 bits per heavy atom. The number of aliphatic hydroxyl groups excluding tert-OH is 1. The molecule has 1 atom stereocenters. The van der Waals surface area contributed by atoms with Crippen LogP contribution in [0.15, 0.2) is 30.3 Å². The topological polar surface area (TPSA) is 67.6 Å². The van der Waals surface area contributed by atoms with Crippen molar-refractivity contribution in [2.75, 3.05) is 13.1 Å². The number of ether oxygens (including phenoxy) is 1. The third-order valence-corrected chi connectivity index (χ3v) is 7.82. The maximum Gasteiger partial charge on any atom is 0.254 e. The molecule has 6 rings (SSSR count). The number of aliphatic hydroxyl groups is 1. The first-order valence-corrected chi connectivity index (χ1v) is 11.7. The van der Waals surface area contributed by atoms with Crippen LogP contribution in [-0.2, 0) is 25.5 Å². The van der Waals surface area contributed by atoms with Crippen molar-refractivity contribution in [3.63, 3.8) is 0 Å². The first-order valence-electron chi connectivity index (χ1n) is 11.7. The smallest absolute Gasteiger partial charge is 0.254 e. The summed E-state index contributed by atoms with van der Waals surface area (Å²) in [4.78, 5) is 20.3. The van der Waals surface area contributed by atoms with Crippen molar-refractivity contribution in [3.8, 4) is 5.75 Å². The molecule has 1 aromatic heterocycles. The van der Waals surface area contributed by atoms with E-state index in [1.165, 1.54) is 11.1 Å². The minimum absolute atomic E-state index is 0.0419. The van der Waals surface area contributed by atoms with Gasteiger partial charge in [0.1, 0.15) is 16.9 Å². The van der Waals surface area contributed by atoms with Crippen LogP contribution in [0.4, 0.5) is 0 Å². The number of imidazole rings is 1. The predicted octanol–water partition coefficient (Wildman–Crippen LogP) is 3.65. The number of hydrogen-bond acceptors (Lipinski definition) is 4. The highest BCUT2D eigenvalue weighted by molar-refractivity contribution is 6.01. The average molecular weight is 432 g/mol. The Morgan fingerprint density at radius 1 is 1.19 bits per heavy atom. The highest BCUT2D eigenvalue weighted by Gasteiger charge is 2.45. The molecule has 32 heavy (non-hydrogen) atoms. The molecule has 0 bridgehead atoms. The van der Waals surface area contributed by atoms with E-state index in [4.69, 9.17) is 9.72 Å². The summed E-state index contributed by atoms with van der Waals surface area (Å²) in [5.74, 6) is 1.73. The van der Waals surface area contributed by atoms with Crippen LogP contribution >= 0.6 is 0 Å². The molecule has 1 fully saturated rings. The maximum atomic E-state index is 13.6. The number of fused-ring (bicyclic) bond motifs is 5. The van der Waals surface area contributed by atoms with Crippen molar-refractivity contribution in [1.82, 2.24) is 14.5 Å². The number of aromatic nitrogens is 2. The van der Waals surface area contributed by atoms with E-state index in [2.05, 4.69) is 24.3 Å². The number of nitrogens with zero attached hydrogens (tertiary/aromatic N) is 3. The number of aryl methyl sites for hydroxylation is 3. The normalized spacial score (nSPS) is 22.8. The summed E-state index contributed by atoms with van der Waals surface area (Å²) in [6, 6.07) is 10.6. The Hall–Kier alpha value is -2.86. The van der Waals surface area contributed by atoms with Gasteiger partial charge in [-0.25, -0.2) is 4.98 Å². The number of benzene rings is 2. The third-order valence-electron chi connectivity index (χ3n) is 7.82. The average Bonchev–Trinajstić information content (AvgIpc) is 3.31. The quantitative estimate of drug-likeness (QED) is 0.639. The minimum atomic E-state index is -0.334. The largest absolute Gasteiger partial charge is 0.480 e. The van der Waals surface area contributed by atoms with Gasteiger partial charge in [0.25, 0.3) is 5.91 Å². The van der Waals surface area contributed by atoms with Crippen LogP contribution in [0.25, 0.3) is 11.0 Å². The van der Waals surface area contributed by atoms with E-state index in [1.807, 2.05) is 29.5 Å². The van der Waals surface area contributed by atoms with Gasteiger partial charge in [-0.15, -0.1) is 0 Å². The van der Waals surface area contributed by atoms with Gasteiger partial charge in [0.15, 0.2) is 5.75 Å². The van der Waals surface area contributed by atoms with Crippen molar-refractivity contribution in [1.29, 1.82) is 0 Å². The lowest BCUT2D eigenvalue weighted by Crippen LogP contribution is -2.41. The Balaban J connectivity index is 1.49. The zero-order valence-corrected chi connectivity index (χ0v) is 18.7. The molecular formula is C26H29N3O3. The van der Waals surface area contributed by atoms with Crippen LogP contribution in [-0.4, -0.2) is 44.7 Å². The molecule has 3 heterocycles. The third kappa shape index (κ3) is 2.82. The Labute approximate surface area is 187 Å². The van der Waals surface area contributed by atoms with E-state index in [1.54, 1.807) is 0 Å². The Morgan fingerprint density at radius 2 is 1.94 bits per heavy atom. The summed E-state index contributed by atoms with van der Waals surface area (Å²) in [5.41, 5.74) is 5.82. The van der Waals surface area contributed by atoms with Crippen LogP contribution in [0, 0.1) is 6.92 Å². The van der Waals surface area contributed by atoms with Gasteiger partial charge < -0.3 is 19.3 Å². The molecule has 1 N–H and O–H groups in total. The zero-order valence-electron chi connectivity index (χ0n) is 18.7. The summed E-state index contributed by atoms with van der Waals surface area (Å²) in [5, 5.41) is 9.88. The number of hydrogen-bond donors (Lipinski definition) is 1. The molecule has 6 heteroatoms. The second kappa shape index (κ2) is 7.07. The van der Waals surface area contributed by atoms with Gasteiger partial charge in [0.05, 0.1) is 11.6 Å². The van der Waals surface area contributed by atoms with Crippen molar-refractivity contribution in [2.45, 2.75) is 57.2 Å². The van der Waals surface area contributed by atoms with E-state index in [0.717, 1.165) is 59.4 Å². The SMILES string of the molecule is Cc1nc2c3c(c(C(=O)N4CCC(O)CC4)cc2n1C)CCC1(CCc2ccccc21)O3. The van der Waals surface area contributed by atoms with Gasteiger partial charge in [0, 0.05) is 31.3 Å². The lowest BCUT2D eigenvalue weighted by atomic mass is 9.84. The van der Waals surface area contributed by atoms with Crippen LogP contribution in [0.1, 0.15) is 58.6 Å². The number of carbonyl (C=O) groups is 1. The lowest BCUT2D eigenvalue weighted by Gasteiger charge is -2.38. The van der Waals surface area contributed by atoms with Crippen molar-refractivity contribution in [2.24, 2.45) is 7.05 Å². The minimum Gasteiger partial charge on any atom is -0.480 e. The first kappa shape index (κ1) is 19.8. The molecule has 1 aliphatic carbocycles. The molecule has 0 saturated carbocycles. The lowest BCUT2D eigenvalue weighted by molar-refractivity contribution is 0.0439. The van der Waals surface area contributed by atoms with Gasteiger partial charge in [-0.2, -0.15) is 0 Å². The van der Waals surface area contributed by atoms with E-state index >= 15 is 0 Å². The van der Waals surface area contributed by atoms with E-state index in [9.17, 15) is 9.90 Å². The van der Waals surface area contributed by atoms with Gasteiger partial charge in [-0.3, -0.25) is 4.79 Å². The predicted molar refractivity (Wildman–Crippen MR) is 122 cm³/mol. The van der Waals surface area contributed by atoms with Gasteiger partial charge in [0.2, 0.25) is 0 Å². The molecule has 1 amide bonds. The molecule has 1 spiro atoms. The second-order valence-electron chi connectivity index (χ2n) is 9.59. The van der Waals surface area contributed by atoms with E-state index in [0.29, 0.717) is 25.9 Å². The van der Waals surface area contributed by atoms with Crippen LogP contribution in [0.5, 0.6) is 5.75 Å². The van der Waals surface area contributed by atoms with Crippen LogP contribution < -0.4 is 4.74 Å². The highest BCUT2D eigenvalue weighted by Crippen LogP contribution is 2.50. The fourth-order valence-electron chi connectivity index (χ4n) is 5.83. The van der Waals surface area contributed by atoms with E-state index in [-0.39, 0.29) is 17.6 Å². The molecule has 2 aromatic carbocycles. The molecule has 1 unspecified atom stereocenters. The molecule has 1 saturated heterocycles. The summed E-state index contributed by atoms with van der Waals surface area (Å²) in [6.07, 6.45) is 4.61. The molecule has 3 aromatic rings. The van der Waals surface area contributed by atoms with Crippen molar-refractivity contribution < 1.29 is 14.6 Å². The number of amides is 1. The summed E-state index contributed by atoms with van der Waals surface area (Å²) >= 11 is 0. The van der Waals surface area contributed by atoms with Crippen molar-refractivity contribution >= 4 is 16.9 Å². The van der Waals surface area contributed by atoms with Crippen molar-refractivity contribution in [3.05, 3.63) is 58.4 Å². The molecule has 2 aliphatic heterocycles. The summed E-state index contributed by atoms with van der Waals surface area (Å²) in [7, 11) is 1.99. The standard InChI is InChI=1S/C26H29N3O3/c1-16-27-23-22(28(16)2)15-20(25(31)29-13-9-18(30)10-14-29)19-8-12-26(32-24(19)23)11-7-17-5-3-4-6-21(17)26/h3-6,15,18,30H,7-14H2,1-2H3. The first-order chi connectivity index (χ1) is 15.5. The number of carbonyl (C=O) groups excluding carboxylic acids is 1. The van der Waals surface area contributed by atoms with Gasteiger partial charge >= 0.3 is 0 Å². The second-order valence-corrected chi connectivity index (χ2v) is 9.59. The number of likely N-dealkylation sites (tertiary alicyclic amines) is 1. The monoisotopic (exact) mass is 431 g/mol. The Bertz CT molecular complexity index is 1240. The fourth-order valence-corrected chi connectivity index (χ4v) is 5.83. The van der Waals surface area contributed by atoms with E-state index < -0.39 is 0 Å². The Kier molecular flexibility index (Phi) is 4.37. The van der Waals surface area contributed by atoms with Gasteiger partial charge in [-0.05, 0) is 62.6 Å². The maximum absolute atomic E-state index is 13.6. The number of rotatable bonds is 1. The molecule has 0 radical (unpaired) electrons. The molecule has 6 nitrogen and oxygen atoms in total. The van der Waals surface area contributed by atoms with Crippen LogP contribution in [0.3, 0.4) is 0 Å². The molecular weight excluding hydrogens is 402 g/mol. The fraction of sp³-hybridized carbons (Fsp3) is 0.462. The highest BCUT2D eigenvalue weighted by atomic mass is 16.5. The number of piperidine rings is 1. The summed E-state index contributed by atoms with van der Waals surface area (Å²) in [6.45, 7) is 3.17. The zero-order chi connectivity index (χ0) is 22.0. The van der Waals surface area contributed by atoms with Crippen LogP contribution in [0.2, 0.25) is 0 Å². The molecule has 3 aliphatic rings. The molecule has 166 valence electrons. The summed E-state index contributed by atoms with van der Waals surface area (Å²) < 4.78 is 8.94. The van der Waals surface area contributed by atoms with Gasteiger partial charge in [-0.1, -0.05) is 24.3 Å².